The average molecular weight is 241 g/mol. The average Bonchev–Trinajstić information content (AvgIpc) is 2.47. The van der Waals surface area contributed by atoms with Crippen molar-refractivity contribution in [2.45, 2.75) is 0 Å². The van der Waals surface area contributed by atoms with E-state index in [2.05, 4.69) is 10.3 Å². The third-order valence-corrected chi connectivity index (χ3v) is 3.27. The molecule has 1 aliphatic heterocycles. The fraction of sp³-hybridized carbons (Fsp3) is 0.286. The number of rotatable bonds is 1. The number of pyridine rings is 1. The summed E-state index contributed by atoms with van der Waals surface area (Å²) in [6.07, 6.45) is 1.73. The standard InChI is InChI=1S/C14H15N3O/c18-14(17-9-7-15-8-10-17)12-5-1-3-11-4-2-6-16-13(11)12/h1-6,15H,7-10H2. The Morgan fingerprint density at radius 2 is 1.94 bits per heavy atom. The summed E-state index contributed by atoms with van der Waals surface area (Å²) in [6.45, 7) is 3.26. The minimum absolute atomic E-state index is 0.0841. The molecule has 0 atom stereocenters. The second-order valence-corrected chi connectivity index (χ2v) is 4.42. The number of amides is 1. The summed E-state index contributed by atoms with van der Waals surface area (Å²) in [7, 11) is 0. The van der Waals surface area contributed by atoms with E-state index in [0.29, 0.717) is 5.56 Å². The topological polar surface area (TPSA) is 45.2 Å². The van der Waals surface area contributed by atoms with Gasteiger partial charge in [0.05, 0.1) is 11.1 Å². The van der Waals surface area contributed by atoms with Crippen LogP contribution in [0.15, 0.2) is 36.5 Å². The molecule has 0 unspecified atom stereocenters. The zero-order valence-corrected chi connectivity index (χ0v) is 10.1. The van der Waals surface area contributed by atoms with E-state index in [-0.39, 0.29) is 5.91 Å². The Kier molecular flexibility index (Phi) is 2.94. The molecule has 1 N–H and O–H groups in total. The first kappa shape index (κ1) is 11.2. The summed E-state index contributed by atoms with van der Waals surface area (Å²) < 4.78 is 0. The van der Waals surface area contributed by atoms with Crippen LogP contribution in [0.4, 0.5) is 0 Å². The molecule has 4 heteroatoms. The first-order valence-electron chi connectivity index (χ1n) is 6.20. The maximum atomic E-state index is 12.5. The van der Waals surface area contributed by atoms with Crippen molar-refractivity contribution in [1.29, 1.82) is 0 Å². The van der Waals surface area contributed by atoms with Gasteiger partial charge in [0.1, 0.15) is 0 Å². The predicted molar refractivity (Wildman–Crippen MR) is 70.5 cm³/mol. The van der Waals surface area contributed by atoms with Crippen molar-refractivity contribution in [2.75, 3.05) is 26.2 Å². The number of hydrogen-bond donors (Lipinski definition) is 1. The molecule has 1 saturated heterocycles. The highest BCUT2D eigenvalue weighted by Gasteiger charge is 2.19. The quantitative estimate of drug-likeness (QED) is 0.818. The smallest absolute Gasteiger partial charge is 0.256 e. The molecule has 18 heavy (non-hydrogen) atoms. The van der Waals surface area contributed by atoms with Crippen LogP contribution in [0.5, 0.6) is 0 Å². The Hall–Kier alpha value is -1.94. The van der Waals surface area contributed by atoms with Gasteiger partial charge in [-0.15, -0.1) is 0 Å². The molecular weight excluding hydrogens is 226 g/mol. The molecule has 0 bridgehead atoms. The van der Waals surface area contributed by atoms with Gasteiger partial charge in [-0.2, -0.15) is 0 Å². The third kappa shape index (κ3) is 1.95. The molecule has 92 valence electrons. The molecule has 1 aromatic heterocycles. The first-order valence-corrected chi connectivity index (χ1v) is 6.20. The zero-order valence-electron chi connectivity index (χ0n) is 10.1. The van der Waals surface area contributed by atoms with Gasteiger partial charge in [0, 0.05) is 37.8 Å². The third-order valence-electron chi connectivity index (χ3n) is 3.27. The van der Waals surface area contributed by atoms with Gasteiger partial charge < -0.3 is 10.2 Å². The minimum atomic E-state index is 0.0841. The lowest BCUT2D eigenvalue weighted by molar-refractivity contribution is 0.0737. The van der Waals surface area contributed by atoms with Crippen molar-refractivity contribution >= 4 is 16.8 Å². The zero-order chi connectivity index (χ0) is 12.4. The van der Waals surface area contributed by atoms with Gasteiger partial charge in [-0.05, 0) is 12.1 Å². The second-order valence-electron chi connectivity index (χ2n) is 4.42. The maximum Gasteiger partial charge on any atom is 0.256 e. The van der Waals surface area contributed by atoms with Crippen molar-refractivity contribution in [3.05, 3.63) is 42.1 Å². The Labute approximate surface area is 106 Å². The van der Waals surface area contributed by atoms with Crippen molar-refractivity contribution in [1.82, 2.24) is 15.2 Å². The summed E-state index contributed by atoms with van der Waals surface area (Å²) in [5.41, 5.74) is 1.50. The van der Waals surface area contributed by atoms with E-state index in [0.717, 1.165) is 37.1 Å². The van der Waals surface area contributed by atoms with Gasteiger partial charge in [0.25, 0.3) is 5.91 Å². The number of hydrogen-bond acceptors (Lipinski definition) is 3. The highest BCUT2D eigenvalue weighted by Crippen LogP contribution is 2.17. The molecule has 1 aromatic carbocycles. The van der Waals surface area contributed by atoms with Crippen LogP contribution in [0.2, 0.25) is 0 Å². The number of nitrogens with zero attached hydrogens (tertiary/aromatic N) is 2. The number of benzene rings is 1. The lowest BCUT2D eigenvalue weighted by Gasteiger charge is -2.27. The summed E-state index contributed by atoms with van der Waals surface area (Å²) in [5.74, 6) is 0.0841. The number of fused-ring (bicyclic) bond motifs is 1. The molecule has 0 aliphatic carbocycles. The van der Waals surface area contributed by atoms with Crippen LogP contribution in [0.1, 0.15) is 10.4 Å². The molecule has 1 fully saturated rings. The lowest BCUT2D eigenvalue weighted by atomic mass is 10.1. The van der Waals surface area contributed by atoms with E-state index in [1.165, 1.54) is 0 Å². The Bertz CT molecular complexity index is 571. The Balaban J connectivity index is 2.00. The Morgan fingerprint density at radius 3 is 2.78 bits per heavy atom. The number of para-hydroxylation sites is 1. The monoisotopic (exact) mass is 241 g/mol. The summed E-state index contributed by atoms with van der Waals surface area (Å²) in [4.78, 5) is 18.7. The van der Waals surface area contributed by atoms with E-state index >= 15 is 0 Å². The van der Waals surface area contributed by atoms with Gasteiger partial charge in [-0.3, -0.25) is 9.78 Å². The normalized spacial score (nSPS) is 15.9. The highest BCUT2D eigenvalue weighted by molar-refractivity contribution is 6.05. The van der Waals surface area contributed by atoms with Crippen LogP contribution < -0.4 is 5.32 Å². The predicted octanol–water partition coefficient (Wildman–Crippen LogP) is 1.28. The number of aromatic nitrogens is 1. The van der Waals surface area contributed by atoms with E-state index in [4.69, 9.17) is 0 Å². The maximum absolute atomic E-state index is 12.5. The SMILES string of the molecule is O=C(c1cccc2cccnc12)N1CCNCC1. The van der Waals surface area contributed by atoms with Gasteiger partial charge in [0.2, 0.25) is 0 Å². The van der Waals surface area contributed by atoms with Crippen LogP contribution in [0.3, 0.4) is 0 Å². The molecule has 2 heterocycles. The van der Waals surface area contributed by atoms with Gasteiger partial charge >= 0.3 is 0 Å². The lowest BCUT2D eigenvalue weighted by Crippen LogP contribution is -2.46. The van der Waals surface area contributed by atoms with Crippen molar-refractivity contribution in [3.63, 3.8) is 0 Å². The number of piperazine rings is 1. The molecule has 2 aromatic rings. The first-order chi connectivity index (χ1) is 8.86. The molecule has 1 amide bonds. The molecule has 3 rings (SSSR count). The summed E-state index contributed by atoms with van der Waals surface area (Å²) in [5, 5.41) is 4.26. The molecule has 0 saturated carbocycles. The van der Waals surface area contributed by atoms with E-state index in [9.17, 15) is 4.79 Å². The molecular formula is C14H15N3O. The Morgan fingerprint density at radius 1 is 1.17 bits per heavy atom. The van der Waals surface area contributed by atoms with Crippen LogP contribution >= 0.6 is 0 Å². The van der Waals surface area contributed by atoms with Crippen molar-refractivity contribution in [3.8, 4) is 0 Å². The number of carbonyl (C=O) groups excluding carboxylic acids is 1. The van der Waals surface area contributed by atoms with Crippen LogP contribution in [0, 0.1) is 0 Å². The van der Waals surface area contributed by atoms with Crippen LogP contribution in [-0.4, -0.2) is 42.0 Å². The molecule has 0 radical (unpaired) electrons. The summed E-state index contributed by atoms with van der Waals surface area (Å²) in [6, 6.07) is 9.63. The van der Waals surface area contributed by atoms with Gasteiger partial charge in [-0.25, -0.2) is 0 Å². The summed E-state index contributed by atoms with van der Waals surface area (Å²) >= 11 is 0. The fourth-order valence-corrected chi connectivity index (χ4v) is 2.32. The molecule has 1 aliphatic rings. The molecule has 0 spiro atoms. The largest absolute Gasteiger partial charge is 0.336 e. The van der Waals surface area contributed by atoms with Crippen LogP contribution in [-0.2, 0) is 0 Å². The number of nitrogens with one attached hydrogen (secondary N) is 1. The van der Waals surface area contributed by atoms with Gasteiger partial charge in [-0.1, -0.05) is 18.2 Å². The van der Waals surface area contributed by atoms with Gasteiger partial charge in [0.15, 0.2) is 0 Å². The molecule has 4 nitrogen and oxygen atoms in total. The highest BCUT2D eigenvalue weighted by atomic mass is 16.2. The van der Waals surface area contributed by atoms with E-state index < -0.39 is 0 Å². The van der Waals surface area contributed by atoms with E-state index in [1.807, 2.05) is 35.2 Å². The second kappa shape index (κ2) is 4.74. The minimum Gasteiger partial charge on any atom is -0.336 e. The fourth-order valence-electron chi connectivity index (χ4n) is 2.32. The van der Waals surface area contributed by atoms with Crippen molar-refractivity contribution in [2.24, 2.45) is 0 Å². The van der Waals surface area contributed by atoms with E-state index in [1.54, 1.807) is 6.20 Å². The van der Waals surface area contributed by atoms with Crippen molar-refractivity contribution < 1.29 is 4.79 Å². The van der Waals surface area contributed by atoms with Crippen LogP contribution in [0.25, 0.3) is 10.9 Å². The number of carbonyl (C=O) groups is 1.